The van der Waals surface area contributed by atoms with Crippen molar-refractivity contribution in [2.24, 2.45) is 11.1 Å². The molecule has 6 heteroatoms. The minimum atomic E-state index is -3.44. The van der Waals surface area contributed by atoms with Gasteiger partial charge in [0, 0.05) is 18.5 Å². The monoisotopic (exact) mass is 326 g/mol. The predicted molar refractivity (Wildman–Crippen MR) is 88.8 cm³/mol. The molecule has 0 saturated carbocycles. The molecule has 0 radical (unpaired) electrons. The number of benzene rings is 1. The third kappa shape index (κ3) is 3.12. The zero-order chi connectivity index (χ0) is 15.8. The summed E-state index contributed by atoms with van der Waals surface area (Å²) in [5.41, 5.74) is 7.39. The van der Waals surface area contributed by atoms with Gasteiger partial charge < -0.3 is 5.73 Å². The topological polar surface area (TPSA) is 63.4 Å². The van der Waals surface area contributed by atoms with Gasteiger partial charge in [-0.05, 0) is 38.3 Å². The second-order valence-electron chi connectivity index (χ2n) is 6.10. The molecule has 1 saturated heterocycles. The molecular weight excluding hydrogens is 304 g/mol. The van der Waals surface area contributed by atoms with Crippen molar-refractivity contribution in [3.05, 3.63) is 29.3 Å². The maximum Gasteiger partial charge on any atom is 0.243 e. The number of rotatable bonds is 3. The van der Waals surface area contributed by atoms with E-state index < -0.39 is 10.0 Å². The molecular formula is C15H22N2O2S2. The average Bonchev–Trinajstić information content (AvgIpc) is 2.38. The van der Waals surface area contributed by atoms with Gasteiger partial charge in [0.1, 0.15) is 0 Å². The Morgan fingerprint density at radius 2 is 1.86 bits per heavy atom. The number of hydrogen-bond acceptors (Lipinski definition) is 3. The molecule has 0 spiro atoms. The summed E-state index contributed by atoms with van der Waals surface area (Å²) in [6, 6.07) is 5.43. The van der Waals surface area contributed by atoms with Crippen LogP contribution in [0.2, 0.25) is 0 Å². The molecule has 0 bridgehead atoms. The number of piperidine rings is 1. The van der Waals surface area contributed by atoms with E-state index in [0.29, 0.717) is 35.8 Å². The van der Waals surface area contributed by atoms with Crippen LogP contribution in [0.3, 0.4) is 0 Å². The Morgan fingerprint density at radius 3 is 2.33 bits per heavy atom. The third-order valence-electron chi connectivity index (χ3n) is 4.37. The van der Waals surface area contributed by atoms with Crippen molar-refractivity contribution in [3.8, 4) is 0 Å². The van der Waals surface area contributed by atoms with Crippen LogP contribution in [0, 0.1) is 19.3 Å². The third-order valence-corrected chi connectivity index (χ3v) is 6.92. The van der Waals surface area contributed by atoms with E-state index in [1.54, 1.807) is 10.4 Å². The lowest BCUT2D eigenvalue weighted by Gasteiger charge is -2.38. The fourth-order valence-electron chi connectivity index (χ4n) is 2.69. The molecule has 1 aliphatic rings. The van der Waals surface area contributed by atoms with E-state index in [0.717, 1.165) is 11.1 Å². The van der Waals surface area contributed by atoms with Crippen LogP contribution < -0.4 is 5.73 Å². The van der Waals surface area contributed by atoms with Crippen LogP contribution in [0.15, 0.2) is 23.1 Å². The maximum atomic E-state index is 12.8. The lowest BCUT2D eigenvalue weighted by molar-refractivity contribution is 0.244. The highest BCUT2D eigenvalue weighted by Crippen LogP contribution is 2.34. The van der Waals surface area contributed by atoms with Crippen LogP contribution in [-0.4, -0.2) is 30.8 Å². The highest BCUT2D eigenvalue weighted by molar-refractivity contribution is 7.89. The van der Waals surface area contributed by atoms with Gasteiger partial charge in [-0.1, -0.05) is 36.8 Å². The minimum absolute atomic E-state index is 0.232. The molecule has 0 atom stereocenters. The standard InChI is InChI=1S/C15H22N2O2S2/c1-11-4-5-13(12(2)10-11)21(18,19)17-8-6-15(3,7-9-17)14(16)20/h4-5,10H,6-9H2,1-3H3,(H2,16,20). The summed E-state index contributed by atoms with van der Waals surface area (Å²) in [5.74, 6) is 0. The molecule has 4 nitrogen and oxygen atoms in total. The largest absolute Gasteiger partial charge is 0.393 e. The fourth-order valence-corrected chi connectivity index (χ4v) is 4.55. The van der Waals surface area contributed by atoms with E-state index in [9.17, 15) is 8.42 Å². The second kappa shape index (κ2) is 5.66. The summed E-state index contributed by atoms with van der Waals surface area (Å²) < 4.78 is 27.1. The van der Waals surface area contributed by atoms with Gasteiger partial charge in [-0.2, -0.15) is 4.31 Å². The summed E-state index contributed by atoms with van der Waals surface area (Å²) >= 11 is 5.10. The first-order chi connectivity index (χ1) is 9.67. The molecule has 2 rings (SSSR count). The molecule has 116 valence electrons. The predicted octanol–water partition coefficient (Wildman–Crippen LogP) is 2.38. The zero-order valence-electron chi connectivity index (χ0n) is 12.7. The van der Waals surface area contributed by atoms with Gasteiger partial charge in [0.2, 0.25) is 10.0 Å². The lowest BCUT2D eigenvalue weighted by Crippen LogP contribution is -2.46. The van der Waals surface area contributed by atoms with Crippen LogP contribution in [0.1, 0.15) is 30.9 Å². The van der Waals surface area contributed by atoms with Crippen molar-refractivity contribution >= 4 is 27.2 Å². The van der Waals surface area contributed by atoms with E-state index in [1.165, 1.54) is 0 Å². The Kier molecular flexibility index (Phi) is 4.42. The zero-order valence-corrected chi connectivity index (χ0v) is 14.4. The first-order valence-electron chi connectivity index (χ1n) is 7.04. The van der Waals surface area contributed by atoms with Gasteiger partial charge in [0.15, 0.2) is 0 Å². The molecule has 0 aliphatic carbocycles. The van der Waals surface area contributed by atoms with Crippen LogP contribution in [0.5, 0.6) is 0 Å². The molecule has 1 aromatic carbocycles. The molecule has 0 amide bonds. The number of thiocarbonyl (C=S) groups is 1. The van der Waals surface area contributed by atoms with Crippen molar-refractivity contribution < 1.29 is 8.42 Å². The van der Waals surface area contributed by atoms with Crippen molar-refractivity contribution in [1.82, 2.24) is 4.31 Å². The number of aryl methyl sites for hydroxylation is 2. The second-order valence-corrected chi connectivity index (χ2v) is 8.44. The molecule has 0 unspecified atom stereocenters. The molecule has 0 aromatic heterocycles. The summed E-state index contributed by atoms with van der Waals surface area (Å²) in [4.78, 5) is 0.873. The Morgan fingerprint density at radius 1 is 1.29 bits per heavy atom. The molecule has 21 heavy (non-hydrogen) atoms. The van der Waals surface area contributed by atoms with Gasteiger partial charge in [0.25, 0.3) is 0 Å². The van der Waals surface area contributed by atoms with Gasteiger partial charge in [-0.3, -0.25) is 0 Å². The number of nitrogens with zero attached hydrogens (tertiary/aromatic N) is 1. The fraction of sp³-hybridized carbons (Fsp3) is 0.533. The van der Waals surface area contributed by atoms with Gasteiger partial charge in [0.05, 0.1) is 9.88 Å². The van der Waals surface area contributed by atoms with Crippen molar-refractivity contribution in [1.29, 1.82) is 0 Å². The van der Waals surface area contributed by atoms with Crippen molar-refractivity contribution in [3.63, 3.8) is 0 Å². The molecule has 1 aromatic rings. The molecule has 2 N–H and O–H groups in total. The van der Waals surface area contributed by atoms with Gasteiger partial charge in [-0.25, -0.2) is 8.42 Å². The Hall–Kier alpha value is -0.980. The SMILES string of the molecule is Cc1ccc(S(=O)(=O)N2CCC(C)(C(N)=S)CC2)c(C)c1. The van der Waals surface area contributed by atoms with Crippen LogP contribution in [0.4, 0.5) is 0 Å². The highest BCUT2D eigenvalue weighted by Gasteiger charge is 2.37. The van der Waals surface area contributed by atoms with Crippen molar-refractivity contribution in [2.45, 2.75) is 38.5 Å². The van der Waals surface area contributed by atoms with Gasteiger partial charge >= 0.3 is 0 Å². The first-order valence-corrected chi connectivity index (χ1v) is 8.89. The normalized spacial score (nSPS) is 19.4. The number of sulfonamides is 1. The van der Waals surface area contributed by atoms with E-state index in [1.807, 2.05) is 32.9 Å². The van der Waals surface area contributed by atoms with Crippen LogP contribution >= 0.6 is 12.2 Å². The van der Waals surface area contributed by atoms with E-state index in [2.05, 4.69) is 0 Å². The van der Waals surface area contributed by atoms with E-state index >= 15 is 0 Å². The Labute approximate surface area is 132 Å². The van der Waals surface area contributed by atoms with Crippen LogP contribution in [-0.2, 0) is 10.0 Å². The lowest BCUT2D eigenvalue weighted by atomic mass is 9.81. The summed E-state index contributed by atoms with van der Waals surface area (Å²) in [7, 11) is -3.44. The molecule has 1 heterocycles. The Balaban J connectivity index is 2.25. The summed E-state index contributed by atoms with van der Waals surface area (Å²) in [5, 5.41) is 0. The summed E-state index contributed by atoms with van der Waals surface area (Å²) in [6.07, 6.45) is 1.35. The van der Waals surface area contributed by atoms with E-state index in [4.69, 9.17) is 18.0 Å². The first kappa shape index (κ1) is 16.4. The Bertz CT molecular complexity index is 660. The van der Waals surface area contributed by atoms with Crippen LogP contribution in [0.25, 0.3) is 0 Å². The summed E-state index contributed by atoms with van der Waals surface area (Å²) in [6.45, 7) is 6.73. The average molecular weight is 326 g/mol. The van der Waals surface area contributed by atoms with E-state index in [-0.39, 0.29) is 5.41 Å². The smallest absolute Gasteiger partial charge is 0.243 e. The molecule has 1 fully saturated rings. The number of hydrogen-bond donors (Lipinski definition) is 1. The molecule has 1 aliphatic heterocycles. The maximum absolute atomic E-state index is 12.8. The minimum Gasteiger partial charge on any atom is -0.393 e. The number of nitrogens with two attached hydrogens (primary N) is 1. The van der Waals surface area contributed by atoms with Crippen molar-refractivity contribution in [2.75, 3.05) is 13.1 Å². The van der Waals surface area contributed by atoms with Gasteiger partial charge in [-0.15, -0.1) is 0 Å². The quantitative estimate of drug-likeness (QED) is 0.866. The highest BCUT2D eigenvalue weighted by atomic mass is 32.2.